The van der Waals surface area contributed by atoms with E-state index in [0.717, 1.165) is 10.4 Å². The van der Waals surface area contributed by atoms with Crippen LogP contribution in [-0.2, 0) is 4.74 Å². The Kier molecular flexibility index (Phi) is 4.03. The van der Waals surface area contributed by atoms with Crippen molar-refractivity contribution in [2.24, 2.45) is 0 Å². The van der Waals surface area contributed by atoms with Gasteiger partial charge in [-0.05, 0) is 35.4 Å². The van der Waals surface area contributed by atoms with Crippen LogP contribution in [0.2, 0.25) is 0 Å². The van der Waals surface area contributed by atoms with Gasteiger partial charge < -0.3 is 4.74 Å². The van der Waals surface area contributed by atoms with Crippen LogP contribution in [0.5, 0.6) is 0 Å². The minimum absolute atomic E-state index is 0.247. The fourth-order valence-corrected chi connectivity index (χ4v) is 5.91. The van der Waals surface area contributed by atoms with E-state index in [1.54, 1.807) is 0 Å². The van der Waals surface area contributed by atoms with Gasteiger partial charge in [-0.2, -0.15) is 0 Å². The van der Waals surface area contributed by atoms with E-state index in [1.165, 1.54) is 43.0 Å². The Bertz CT molecular complexity index is 1190. The lowest BCUT2D eigenvalue weighted by atomic mass is 10.0. The summed E-state index contributed by atoms with van der Waals surface area (Å²) in [5.41, 5.74) is 3.47. The fraction of sp³-hybridized carbons (Fsp3) is 0.0870. The van der Waals surface area contributed by atoms with Crippen LogP contribution in [0, 0.1) is 0 Å². The highest BCUT2D eigenvalue weighted by Crippen LogP contribution is 2.52. The van der Waals surface area contributed by atoms with Crippen LogP contribution in [0.4, 0.5) is 0 Å². The van der Waals surface area contributed by atoms with Crippen molar-refractivity contribution >= 4 is 39.8 Å². The zero-order valence-electron chi connectivity index (χ0n) is 14.7. The molecule has 4 aromatic rings. The average Bonchev–Trinajstić information content (AvgIpc) is 3.09. The summed E-state index contributed by atoms with van der Waals surface area (Å²) in [5.74, 6) is -0.247. The maximum absolute atomic E-state index is 12.4. The lowest BCUT2D eigenvalue weighted by molar-refractivity contribution is 0.0532. The summed E-state index contributed by atoms with van der Waals surface area (Å²) in [5, 5.41) is 2.47. The third-order valence-corrected chi connectivity index (χ3v) is 7.09. The van der Waals surface area contributed by atoms with E-state index < -0.39 is 0 Å². The molecule has 1 aliphatic rings. The number of thiophene rings is 1. The Labute approximate surface area is 165 Å². The van der Waals surface area contributed by atoms with E-state index in [-0.39, 0.29) is 5.97 Å². The standard InChI is InChI=1S/C23H16O2S2/c1-2-25-23(24)20-13-18-16-9-5-6-10-19(16)26-21-15-8-4-3-7-14(15)11-12-17(21)22(18)27-20/h3-13H,2H2,1H3. The largest absolute Gasteiger partial charge is 0.462 e. The lowest BCUT2D eigenvalue weighted by Gasteiger charge is -2.10. The van der Waals surface area contributed by atoms with Gasteiger partial charge in [-0.1, -0.05) is 66.4 Å². The van der Waals surface area contributed by atoms with Crippen LogP contribution in [-0.4, -0.2) is 12.6 Å². The topological polar surface area (TPSA) is 26.3 Å². The molecule has 3 aromatic carbocycles. The lowest BCUT2D eigenvalue weighted by Crippen LogP contribution is -2.01. The summed E-state index contributed by atoms with van der Waals surface area (Å²) in [6.07, 6.45) is 0. The molecule has 0 saturated carbocycles. The van der Waals surface area contributed by atoms with Crippen LogP contribution in [0.25, 0.3) is 32.3 Å². The highest BCUT2D eigenvalue weighted by Gasteiger charge is 2.25. The number of carbonyl (C=O) groups excluding carboxylic acids is 1. The maximum atomic E-state index is 12.4. The highest BCUT2D eigenvalue weighted by atomic mass is 32.2. The van der Waals surface area contributed by atoms with Crippen LogP contribution in [0.3, 0.4) is 0 Å². The first-order chi connectivity index (χ1) is 13.3. The smallest absolute Gasteiger partial charge is 0.348 e. The second-order valence-corrected chi connectivity index (χ2v) is 8.44. The molecule has 5 rings (SSSR count). The van der Waals surface area contributed by atoms with Crippen molar-refractivity contribution in [1.82, 2.24) is 0 Å². The quantitative estimate of drug-likeness (QED) is 0.308. The van der Waals surface area contributed by atoms with E-state index in [0.29, 0.717) is 11.5 Å². The molecule has 1 aliphatic heterocycles. The molecule has 4 heteroatoms. The Morgan fingerprint density at radius 3 is 2.63 bits per heavy atom. The molecule has 2 nitrogen and oxygen atoms in total. The second-order valence-electron chi connectivity index (χ2n) is 6.34. The Morgan fingerprint density at radius 2 is 1.74 bits per heavy atom. The van der Waals surface area contributed by atoms with Crippen molar-refractivity contribution in [3.8, 4) is 21.6 Å². The first-order valence-electron chi connectivity index (χ1n) is 8.86. The van der Waals surface area contributed by atoms with Crippen molar-refractivity contribution in [2.45, 2.75) is 16.7 Å². The summed E-state index contributed by atoms with van der Waals surface area (Å²) in [7, 11) is 0. The zero-order chi connectivity index (χ0) is 18.4. The molecule has 0 unspecified atom stereocenters. The Morgan fingerprint density at radius 1 is 0.926 bits per heavy atom. The molecule has 0 aliphatic carbocycles. The minimum Gasteiger partial charge on any atom is -0.462 e. The van der Waals surface area contributed by atoms with Gasteiger partial charge in [0.15, 0.2) is 0 Å². The summed E-state index contributed by atoms with van der Waals surface area (Å²) in [6.45, 7) is 2.22. The molecule has 27 heavy (non-hydrogen) atoms. The predicted octanol–water partition coefficient (Wildman–Crippen LogP) is 6.88. The number of hydrogen-bond donors (Lipinski definition) is 0. The van der Waals surface area contributed by atoms with E-state index >= 15 is 0 Å². The molecule has 0 atom stereocenters. The summed E-state index contributed by atoms with van der Waals surface area (Å²) < 4.78 is 5.25. The second kappa shape index (κ2) is 6.55. The molecule has 0 N–H and O–H groups in total. The Hall–Kier alpha value is -2.56. The van der Waals surface area contributed by atoms with Gasteiger partial charge in [0.05, 0.1) is 6.61 Å². The molecule has 0 fully saturated rings. The van der Waals surface area contributed by atoms with Crippen LogP contribution < -0.4 is 0 Å². The predicted molar refractivity (Wildman–Crippen MR) is 113 cm³/mol. The molecule has 0 saturated heterocycles. The maximum Gasteiger partial charge on any atom is 0.348 e. The van der Waals surface area contributed by atoms with Crippen molar-refractivity contribution in [1.29, 1.82) is 0 Å². The van der Waals surface area contributed by atoms with Gasteiger partial charge in [0.2, 0.25) is 0 Å². The molecule has 0 radical (unpaired) electrons. The van der Waals surface area contributed by atoms with Crippen LogP contribution in [0.15, 0.2) is 76.5 Å². The molecule has 0 bridgehead atoms. The SMILES string of the molecule is CCOC(=O)c1cc2c(s1)-c1ccc3ccccc3c1Sc1ccccc1-2. The number of carbonyl (C=O) groups is 1. The summed E-state index contributed by atoms with van der Waals surface area (Å²) in [4.78, 5) is 16.6. The molecular formula is C23H16O2S2. The third-order valence-electron chi connectivity index (χ3n) is 4.72. The molecule has 132 valence electrons. The monoisotopic (exact) mass is 388 g/mol. The molecule has 2 heterocycles. The zero-order valence-corrected chi connectivity index (χ0v) is 16.3. The third kappa shape index (κ3) is 2.68. The molecular weight excluding hydrogens is 372 g/mol. The number of rotatable bonds is 2. The summed E-state index contributed by atoms with van der Waals surface area (Å²) >= 11 is 3.33. The van der Waals surface area contributed by atoms with Crippen molar-refractivity contribution in [3.05, 3.63) is 71.6 Å². The van der Waals surface area contributed by atoms with Gasteiger partial charge in [0, 0.05) is 25.8 Å². The first kappa shape index (κ1) is 16.6. The van der Waals surface area contributed by atoms with Crippen molar-refractivity contribution in [2.75, 3.05) is 6.61 Å². The molecule has 0 spiro atoms. The van der Waals surface area contributed by atoms with E-state index in [1.807, 2.05) is 24.8 Å². The van der Waals surface area contributed by atoms with Gasteiger partial charge in [-0.25, -0.2) is 4.79 Å². The summed E-state index contributed by atoms with van der Waals surface area (Å²) in [6, 6.07) is 23.2. The highest BCUT2D eigenvalue weighted by molar-refractivity contribution is 8.00. The van der Waals surface area contributed by atoms with Crippen LogP contribution in [0.1, 0.15) is 16.6 Å². The van der Waals surface area contributed by atoms with Gasteiger partial charge in [-0.3, -0.25) is 0 Å². The average molecular weight is 389 g/mol. The van der Waals surface area contributed by atoms with Gasteiger partial charge in [-0.15, -0.1) is 11.3 Å². The molecule has 0 amide bonds. The number of esters is 1. The van der Waals surface area contributed by atoms with Gasteiger partial charge in [0.25, 0.3) is 0 Å². The van der Waals surface area contributed by atoms with Gasteiger partial charge >= 0.3 is 5.97 Å². The number of benzene rings is 3. The first-order valence-corrected chi connectivity index (χ1v) is 10.5. The number of ether oxygens (including phenoxy) is 1. The van der Waals surface area contributed by atoms with Crippen molar-refractivity contribution < 1.29 is 9.53 Å². The minimum atomic E-state index is -0.247. The van der Waals surface area contributed by atoms with E-state index in [9.17, 15) is 4.79 Å². The van der Waals surface area contributed by atoms with E-state index in [4.69, 9.17) is 4.74 Å². The molecule has 1 aromatic heterocycles. The Balaban J connectivity index is 1.83. The van der Waals surface area contributed by atoms with E-state index in [2.05, 4.69) is 60.7 Å². The van der Waals surface area contributed by atoms with Crippen molar-refractivity contribution in [3.63, 3.8) is 0 Å². The van der Waals surface area contributed by atoms with Gasteiger partial charge in [0.1, 0.15) is 4.88 Å². The fourth-order valence-electron chi connectivity index (χ4n) is 3.51. The normalized spacial score (nSPS) is 12.0. The number of fused-ring (bicyclic) bond motifs is 7. The van der Waals surface area contributed by atoms with Crippen LogP contribution >= 0.6 is 23.1 Å². The number of hydrogen-bond acceptors (Lipinski definition) is 4.